The number of nitrogens with two attached hydrogens (primary N) is 1. The minimum absolute atomic E-state index is 0.621. The van der Waals surface area contributed by atoms with Gasteiger partial charge in [-0.15, -0.1) is 0 Å². The Morgan fingerprint density at radius 3 is 3.06 bits per heavy atom. The highest BCUT2D eigenvalue weighted by atomic mass is 16.5. The lowest BCUT2D eigenvalue weighted by molar-refractivity contribution is 0.414. The maximum atomic E-state index is 5.46. The van der Waals surface area contributed by atoms with Crippen LogP contribution in [0.4, 0.5) is 0 Å². The topological polar surface area (TPSA) is 61.3 Å². The van der Waals surface area contributed by atoms with Gasteiger partial charge in [0.25, 0.3) is 0 Å². The van der Waals surface area contributed by atoms with Gasteiger partial charge in [0, 0.05) is 5.56 Å². The molecule has 2 N–H and O–H groups in total. The van der Waals surface area contributed by atoms with Crippen molar-refractivity contribution in [2.75, 3.05) is 13.7 Å². The van der Waals surface area contributed by atoms with Crippen LogP contribution in [0.25, 0.3) is 11.5 Å². The molecule has 0 bridgehead atoms. The fourth-order valence-electron chi connectivity index (χ4n) is 1.59. The van der Waals surface area contributed by atoms with E-state index in [4.69, 9.17) is 14.9 Å². The molecule has 2 rings (SSSR count). The Hall–Kier alpha value is -1.81. The predicted octanol–water partition coefficient (Wildman–Crippen LogP) is 2.24. The number of nitrogens with zero attached hydrogens (tertiary/aromatic N) is 1. The summed E-state index contributed by atoms with van der Waals surface area (Å²) in [5, 5.41) is 0. The molecule has 0 radical (unpaired) electrons. The van der Waals surface area contributed by atoms with E-state index < -0.39 is 0 Å². The highest BCUT2D eigenvalue weighted by Crippen LogP contribution is 2.23. The predicted molar refractivity (Wildman–Crippen MR) is 65.9 cm³/mol. The Labute approximate surface area is 100 Å². The summed E-state index contributed by atoms with van der Waals surface area (Å²) in [7, 11) is 1.64. The third kappa shape index (κ3) is 2.85. The first-order valence-corrected chi connectivity index (χ1v) is 5.62. The second-order valence-electron chi connectivity index (χ2n) is 3.77. The quantitative estimate of drug-likeness (QED) is 0.858. The molecule has 1 aromatic carbocycles. The molecule has 0 aliphatic rings. The number of rotatable bonds is 5. The zero-order valence-corrected chi connectivity index (χ0v) is 9.85. The molecule has 1 aromatic heterocycles. The van der Waals surface area contributed by atoms with Crippen molar-refractivity contribution >= 4 is 0 Å². The van der Waals surface area contributed by atoms with E-state index in [-0.39, 0.29) is 0 Å². The van der Waals surface area contributed by atoms with Crippen molar-refractivity contribution in [1.29, 1.82) is 0 Å². The first-order valence-electron chi connectivity index (χ1n) is 5.62. The first kappa shape index (κ1) is 11.7. The fourth-order valence-corrected chi connectivity index (χ4v) is 1.59. The smallest absolute Gasteiger partial charge is 0.226 e. The number of ether oxygens (including phenoxy) is 1. The summed E-state index contributed by atoms with van der Waals surface area (Å²) in [6.07, 6.45) is 3.46. The molecule has 0 atom stereocenters. The van der Waals surface area contributed by atoms with E-state index in [0.29, 0.717) is 12.4 Å². The number of methoxy groups -OCH3 is 1. The molecule has 0 fully saturated rings. The summed E-state index contributed by atoms with van der Waals surface area (Å²) in [6, 6.07) is 7.65. The summed E-state index contributed by atoms with van der Waals surface area (Å²) in [4.78, 5) is 4.42. The van der Waals surface area contributed by atoms with Crippen LogP contribution in [0, 0.1) is 0 Å². The van der Waals surface area contributed by atoms with Crippen LogP contribution >= 0.6 is 0 Å². The fraction of sp³-hybridized carbons (Fsp3) is 0.308. The average molecular weight is 232 g/mol. The molecular weight excluding hydrogens is 216 g/mol. The molecule has 4 nitrogen and oxygen atoms in total. The summed E-state index contributed by atoms with van der Waals surface area (Å²) in [5.74, 6) is 1.42. The maximum absolute atomic E-state index is 5.46. The van der Waals surface area contributed by atoms with E-state index in [2.05, 4.69) is 4.98 Å². The highest BCUT2D eigenvalue weighted by Gasteiger charge is 2.07. The Kier molecular flexibility index (Phi) is 3.77. The molecule has 17 heavy (non-hydrogen) atoms. The molecule has 4 heteroatoms. The van der Waals surface area contributed by atoms with E-state index in [1.54, 1.807) is 13.4 Å². The minimum Gasteiger partial charge on any atom is -0.497 e. The van der Waals surface area contributed by atoms with E-state index in [9.17, 15) is 0 Å². The Morgan fingerprint density at radius 1 is 1.41 bits per heavy atom. The largest absolute Gasteiger partial charge is 0.497 e. The van der Waals surface area contributed by atoms with Crippen molar-refractivity contribution in [3.63, 3.8) is 0 Å². The second-order valence-corrected chi connectivity index (χ2v) is 3.77. The molecule has 1 heterocycles. The van der Waals surface area contributed by atoms with Crippen LogP contribution in [0.3, 0.4) is 0 Å². The zero-order valence-electron chi connectivity index (χ0n) is 9.85. The van der Waals surface area contributed by atoms with Gasteiger partial charge in [-0.2, -0.15) is 0 Å². The van der Waals surface area contributed by atoms with Gasteiger partial charge < -0.3 is 14.9 Å². The summed E-state index contributed by atoms with van der Waals surface area (Å²) in [5.41, 5.74) is 7.32. The van der Waals surface area contributed by atoms with E-state index in [0.717, 1.165) is 29.8 Å². The van der Waals surface area contributed by atoms with Gasteiger partial charge >= 0.3 is 0 Å². The van der Waals surface area contributed by atoms with Crippen molar-refractivity contribution in [1.82, 2.24) is 4.98 Å². The molecule has 0 saturated carbocycles. The number of aromatic nitrogens is 1. The third-order valence-corrected chi connectivity index (χ3v) is 2.51. The van der Waals surface area contributed by atoms with Gasteiger partial charge in [0.1, 0.15) is 12.0 Å². The highest BCUT2D eigenvalue weighted by molar-refractivity contribution is 5.55. The number of hydrogen-bond acceptors (Lipinski definition) is 4. The number of hydrogen-bond donors (Lipinski definition) is 1. The third-order valence-electron chi connectivity index (χ3n) is 2.51. The Balaban J connectivity index is 2.18. The van der Waals surface area contributed by atoms with Crippen molar-refractivity contribution in [2.24, 2.45) is 5.73 Å². The summed E-state index contributed by atoms with van der Waals surface area (Å²) >= 11 is 0. The van der Waals surface area contributed by atoms with Crippen molar-refractivity contribution < 1.29 is 9.15 Å². The second kappa shape index (κ2) is 5.50. The molecule has 0 aliphatic heterocycles. The normalized spacial score (nSPS) is 10.5. The zero-order chi connectivity index (χ0) is 12.1. The van der Waals surface area contributed by atoms with Crippen LogP contribution in [-0.4, -0.2) is 18.6 Å². The molecule has 0 saturated heterocycles. The first-order chi connectivity index (χ1) is 8.33. The van der Waals surface area contributed by atoms with Gasteiger partial charge in [-0.05, 0) is 37.6 Å². The molecular formula is C13H16N2O2. The average Bonchev–Trinajstić information content (AvgIpc) is 2.85. The summed E-state index contributed by atoms with van der Waals surface area (Å²) in [6.45, 7) is 0.668. The molecule has 0 amide bonds. The van der Waals surface area contributed by atoms with Crippen LogP contribution in [0.15, 0.2) is 34.9 Å². The lowest BCUT2D eigenvalue weighted by Crippen LogP contribution is -2.00. The summed E-state index contributed by atoms with van der Waals surface area (Å²) < 4.78 is 10.6. The lowest BCUT2D eigenvalue weighted by Gasteiger charge is -2.00. The van der Waals surface area contributed by atoms with Crippen molar-refractivity contribution in [3.8, 4) is 17.2 Å². The molecule has 0 unspecified atom stereocenters. The number of oxazole rings is 1. The van der Waals surface area contributed by atoms with Crippen LogP contribution in [0.5, 0.6) is 5.75 Å². The van der Waals surface area contributed by atoms with Crippen LogP contribution in [-0.2, 0) is 6.42 Å². The van der Waals surface area contributed by atoms with E-state index in [1.807, 2.05) is 24.3 Å². The molecule has 0 spiro atoms. The monoisotopic (exact) mass is 232 g/mol. The van der Waals surface area contributed by atoms with E-state index >= 15 is 0 Å². The standard InChI is InChI=1S/C13H16N2O2/c1-16-12-6-2-4-10(8-12)13-15-11(9-17-13)5-3-7-14/h2,4,6,8-9H,3,5,7,14H2,1H3. The van der Waals surface area contributed by atoms with Gasteiger partial charge in [-0.3, -0.25) is 0 Å². The van der Waals surface area contributed by atoms with Gasteiger partial charge in [0.05, 0.1) is 12.8 Å². The molecule has 2 aromatic rings. The van der Waals surface area contributed by atoms with Gasteiger partial charge in [0.15, 0.2) is 0 Å². The van der Waals surface area contributed by atoms with Crippen LogP contribution in [0.1, 0.15) is 12.1 Å². The van der Waals surface area contributed by atoms with Crippen molar-refractivity contribution in [3.05, 3.63) is 36.2 Å². The minimum atomic E-state index is 0.621. The Bertz CT molecular complexity index is 480. The van der Waals surface area contributed by atoms with Gasteiger partial charge in [-0.1, -0.05) is 6.07 Å². The number of benzene rings is 1. The van der Waals surface area contributed by atoms with E-state index in [1.165, 1.54) is 0 Å². The van der Waals surface area contributed by atoms with Crippen molar-refractivity contribution in [2.45, 2.75) is 12.8 Å². The van der Waals surface area contributed by atoms with Crippen LogP contribution < -0.4 is 10.5 Å². The number of aryl methyl sites for hydroxylation is 1. The lowest BCUT2D eigenvalue weighted by atomic mass is 10.2. The molecule has 0 aliphatic carbocycles. The van der Waals surface area contributed by atoms with Gasteiger partial charge in [-0.25, -0.2) is 4.98 Å². The Morgan fingerprint density at radius 2 is 2.29 bits per heavy atom. The SMILES string of the molecule is COc1cccc(-c2nc(CCCN)co2)c1. The molecule has 90 valence electrons. The van der Waals surface area contributed by atoms with Crippen LogP contribution in [0.2, 0.25) is 0 Å². The van der Waals surface area contributed by atoms with Gasteiger partial charge in [0.2, 0.25) is 5.89 Å². The maximum Gasteiger partial charge on any atom is 0.226 e.